The summed E-state index contributed by atoms with van der Waals surface area (Å²) >= 11 is 7.51. The van der Waals surface area contributed by atoms with Crippen LogP contribution in [0.4, 0.5) is 0 Å². The lowest BCUT2D eigenvalue weighted by molar-refractivity contribution is 1.13. The number of hydrogen-bond donors (Lipinski definition) is 0. The van der Waals surface area contributed by atoms with E-state index in [-0.39, 0.29) is 0 Å². The quantitative estimate of drug-likeness (QED) is 0.205. The van der Waals surface area contributed by atoms with E-state index in [9.17, 15) is 0 Å². The van der Waals surface area contributed by atoms with Crippen molar-refractivity contribution in [1.82, 2.24) is 8.97 Å². The van der Waals surface area contributed by atoms with Crippen LogP contribution in [-0.2, 0) is 0 Å². The zero-order valence-electron chi connectivity index (χ0n) is 22.7. The van der Waals surface area contributed by atoms with Crippen molar-refractivity contribution in [1.29, 1.82) is 0 Å². The number of benzene rings is 6. The van der Waals surface area contributed by atoms with E-state index in [1.54, 1.807) is 0 Å². The molecule has 0 bridgehead atoms. The van der Waals surface area contributed by atoms with Gasteiger partial charge in [-0.3, -0.25) is 8.97 Å². The van der Waals surface area contributed by atoms with Crippen LogP contribution < -0.4 is 0 Å². The molecule has 2 heterocycles. The fourth-order valence-corrected chi connectivity index (χ4v) is 7.55. The Labute approximate surface area is 242 Å². The highest BCUT2D eigenvalue weighted by Gasteiger charge is 2.25. The minimum absolute atomic E-state index is 0.764. The average Bonchev–Trinajstić information content (AvgIpc) is 3.62. The monoisotopic (exact) mass is 544 g/mol. The molecule has 0 spiro atoms. The molecule has 6 aromatic carbocycles. The SMILES string of the molecule is Cc1cc(-c2ccc3c4c(cccc24)-c2ccccc2-3)c(Cl)c(-n2c3ccccc3n3c4ccccc4c(C)c23)c1. The zero-order chi connectivity index (χ0) is 27.4. The number of nitrogens with zero attached hydrogens (tertiary/aromatic N) is 2. The molecule has 0 fully saturated rings. The largest absolute Gasteiger partial charge is 0.293 e. The molecule has 0 amide bonds. The highest BCUT2D eigenvalue weighted by atomic mass is 35.5. The Bertz CT molecular complexity index is 2370. The molecule has 3 heteroatoms. The first-order valence-corrected chi connectivity index (χ1v) is 14.5. The summed E-state index contributed by atoms with van der Waals surface area (Å²) in [6, 6.07) is 41.7. The summed E-state index contributed by atoms with van der Waals surface area (Å²) in [6.45, 7) is 4.39. The Hall–Kier alpha value is -4.79. The molecular formula is C38H25ClN2. The highest BCUT2D eigenvalue weighted by molar-refractivity contribution is 6.36. The van der Waals surface area contributed by atoms with Gasteiger partial charge in [0.15, 0.2) is 0 Å². The molecule has 1 aliphatic rings. The molecule has 0 saturated carbocycles. The van der Waals surface area contributed by atoms with Gasteiger partial charge in [0, 0.05) is 16.5 Å². The Balaban J connectivity index is 1.38. The van der Waals surface area contributed by atoms with E-state index >= 15 is 0 Å². The van der Waals surface area contributed by atoms with E-state index in [1.807, 2.05) is 0 Å². The predicted octanol–water partition coefficient (Wildman–Crippen LogP) is 10.8. The summed E-state index contributed by atoms with van der Waals surface area (Å²) in [5.41, 5.74) is 15.5. The number of imidazole rings is 1. The third kappa shape index (κ3) is 2.93. The fraction of sp³-hybridized carbons (Fsp3) is 0.0526. The maximum atomic E-state index is 7.51. The molecule has 0 atom stereocenters. The number of halogens is 1. The molecule has 0 unspecified atom stereocenters. The van der Waals surface area contributed by atoms with Crippen LogP contribution in [0.1, 0.15) is 11.1 Å². The molecule has 1 aliphatic carbocycles. The lowest BCUT2D eigenvalue weighted by Crippen LogP contribution is -1.99. The van der Waals surface area contributed by atoms with Crippen molar-refractivity contribution in [3.63, 3.8) is 0 Å². The first-order chi connectivity index (χ1) is 20.1. The van der Waals surface area contributed by atoms with Gasteiger partial charge in [0.05, 0.1) is 27.3 Å². The van der Waals surface area contributed by atoms with Gasteiger partial charge < -0.3 is 0 Å². The van der Waals surface area contributed by atoms with Crippen molar-refractivity contribution in [3.05, 3.63) is 131 Å². The number of para-hydroxylation sites is 3. The van der Waals surface area contributed by atoms with Crippen LogP contribution in [0, 0.1) is 13.8 Å². The van der Waals surface area contributed by atoms with Gasteiger partial charge >= 0.3 is 0 Å². The molecule has 194 valence electrons. The minimum Gasteiger partial charge on any atom is -0.293 e. The molecule has 9 rings (SSSR count). The topological polar surface area (TPSA) is 9.34 Å². The summed E-state index contributed by atoms with van der Waals surface area (Å²) in [7, 11) is 0. The number of aromatic nitrogens is 2. The van der Waals surface area contributed by atoms with Crippen LogP contribution in [0.25, 0.3) is 77.4 Å². The Morgan fingerprint density at radius 2 is 1.12 bits per heavy atom. The summed E-state index contributed by atoms with van der Waals surface area (Å²) < 4.78 is 4.74. The highest BCUT2D eigenvalue weighted by Crippen LogP contribution is 2.50. The van der Waals surface area contributed by atoms with Crippen molar-refractivity contribution in [2.45, 2.75) is 13.8 Å². The molecule has 0 N–H and O–H groups in total. The fourth-order valence-electron chi connectivity index (χ4n) is 7.25. The van der Waals surface area contributed by atoms with Gasteiger partial charge in [-0.25, -0.2) is 0 Å². The summed E-state index contributed by atoms with van der Waals surface area (Å²) in [6.07, 6.45) is 0. The van der Waals surface area contributed by atoms with Crippen molar-refractivity contribution in [2.75, 3.05) is 0 Å². The number of fused-ring (bicyclic) bond motifs is 8. The average molecular weight is 545 g/mol. The normalized spacial score (nSPS) is 12.3. The Morgan fingerprint density at radius 1 is 0.512 bits per heavy atom. The third-order valence-corrected chi connectivity index (χ3v) is 9.35. The summed E-state index contributed by atoms with van der Waals surface area (Å²) in [5.74, 6) is 0. The van der Waals surface area contributed by atoms with Crippen molar-refractivity contribution in [3.8, 4) is 39.1 Å². The van der Waals surface area contributed by atoms with E-state index < -0.39 is 0 Å². The first-order valence-electron chi connectivity index (χ1n) is 14.1. The lowest BCUT2D eigenvalue weighted by Gasteiger charge is -2.17. The number of rotatable bonds is 2. The standard InChI is InChI=1S/C38H25ClN2/c1-22-20-31(27-18-19-30-26-12-4-3-11-25(26)28-13-9-14-29(27)36(28)30)37(39)35(21-22)41-34-17-8-7-16-33(34)40-32-15-6-5-10-24(32)23(2)38(40)41/h3-21H,1-2H3. The van der Waals surface area contributed by atoms with Crippen molar-refractivity contribution in [2.24, 2.45) is 0 Å². The zero-order valence-corrected chi connectivity index (χ0v) is 23.5. The van der Waals surface area contributed by atoms with E-state index in [4.69, 9.17) is 11.6 Å². The van der Waals surface area contributed by atoms with Gasteiger partial charge in [0.25, 0.3) is 0 Å². The summed E-state index contributed by atoms with van der Waals surface area (Å²) in [5, 5.41) is 4.58. The molecule has 2 aromatic heterocycles. The van der Waals surface area contributed by atoms with Crippen LogP contribution in [0.5, 0.6) is 0 Å². The van der Waals surface area contributed by atoms with Crippen LogP contribution in [-0.4, -0.2) is 8.97 Å². The molecule has 8 aromatic rings. The smallest absolute Gasteiger partial charge is 0.126 e. The second kappa shape index (κ2) is 8.13. The second-order valence-electron chi connectivity index (χ2n) is 11.2. The predicted molar refractivity (Wildman–Crippen MR) is 174 cm³/mol. The van der Waals surface area contributed by atoms with Crippen LogP contribution >= 0.6 is 11.6 Å². The van der Waals surface area contributed by atoms with Crippen LogP contribution in [0.15, 0.2) is 115 Å². The number of hydrogen-bond acceptors (Lipinski definition) is 0. The van der Waals surface area contributed by atoms with Gasteiger partial charge in [0.2, 0.25) is 0 Å². The van der Waals surface area contributed by atoms with Gasteiger partial charge in [-0.1, -0.05) is 96.5 Å². The molecule has 41 heavy (non-hydrogen) atoms. The van der Waals surface area contributed by atoms with Gasteiger partial charge in [-0.15, -0.1) is 0 Å². The Morgan fingerprint density at radius 3 is 1.93 bits per heavy atom. The van der Waals surface area contributed by atoms with E-state index in [2.05, 4.69) is 138 Å². The van der Waals surface area contributed by atoms with E-state index in [0.717, 1.165) is 33.0 Å². The van der Waals surface area contributed by atoms with Crippen molar-refractivity contribution < 1.29 is 0 Å². The number of aryl methyl sites for hydroxylation is 2. The summed E-state index contributed by atoms with van der Waals surface area (Å²) in [4.78, 5) is 0. The van der Waals surface area contributed by atoms with Gasteiger partial charge in [0.1, 0.15) is 5.65 Å². The second-order valence-corrected chi connectivity index (χ2v) is 11.6. The Kier molecular flexibility index (Phi) is 4.55. The maximum absolute atomic E-state index is 7.51. The maximum Gasteiger partial charge on any atom is 0.126 e. The molecular weight excluding hydrogens is 520 g/mol. The third-order valence-electron chi connectivity index (χ3n) is 8.95. The molecule has 0 saturated heterocycles. The van der Waals surface area contributed by atoms with E-state index in [0.29, 0.717) is 0 Å². The van der Waals surface area contributed by atoms with Crippen LogP contribution in [0.3, 0.4) is 0 Å². The lowest BCUT2D eigenvalue weighted by atomic mass is 9.93. The van der Waals surface area contributed by atoms with Crippen LogP contribution in [0.2, 0.25) is 5.02 Å². The molecule has 0 aliphatic heterocycles. The molecule has 0 radical (unpaired) electrons. The van der Waals surface area contributed by atoms with Gasteiger partial charge in [-0.05, 0) is 88.3 Å². The van der Waals surface area contributed by atoms with Gasteiger partial charge in [-0.2, -0.15) is 0 Å². The first kappa shape index (κ1) is 23.0. The minimum atomic E-state index is 0.764. The van der Waals surface area contributed by atoms with Crippen molar-refractivity contribution >= 4 is 50.0 Å². The molecule has 2 nitrogen and oxygen atoms in total. The van der Waals surface area contributed by atoms with E-state index in [1.165, 1.54) is 60.6 Å².